The predicted molar refractivity (Wildman–Crippen MR) is 73.9 cm³/mol. The minimum atomic E-state index is 0.598. The number of nitrogens with zero attached hydrogens (tertiary/aromatic N) is 2. The highest BCUT2D eigenvalue weighted by Gasteiger charge is 2.14. The molecule has 1 aliphatic heterocycles. The van der Waals surface area contributed by atoms with Gasteiger partial charge in [0, 0.05) is 37.1 Å². The van der Waals surface area contributed by atoms with E-state index in [1.54, 1.807) is 0 Å². The number of rotatable bonds is 2. The summed E-state index contributed by atoms with van der Waals surface area (Å²) in [6.45, 7) is 2.24. The predicted octanol–water partition coefficient (Wildman–Crippen LogP) is 2.76. The Kier molecular flexibility index (Phi) is 2.82. The lowest BCUT2D eigenvalue weighted by Gasteiger charge is -2.24. The van der Waals surface area contributed by atoms with Crippen LogP contribution < -0.4 is 5.32 Å². The third kappa shape index (κ3) is 2.13. The summed E-state index contributed by atoms with van der Waals surface area (Å²) < 4.78 is 1.94. The molecule has 0 aliphatic carbocycles. The lowest BCUT2D eigenvalue weighted by molar-refractivity contribution is 0.679. The first-order valence-electron chi connectivity index (χ1n) is 6.57. The minimum absolute atomic E-state index is 0.598. The van der Waals surface area contributed by atoms with E-state index in [2.05, 4.69) is 41.6 Å². The van der Waals surface area contributed by atoms with Crippen molar-refractivity contribution in [3.8, 4) is 0 Å². The highest BCUT2D eigenvalue weighted by atomic mass is 15.2. The van der Waals surface area contributed by atoms with Gasteiger partial charge in [-0.05, 0) is 43.0 Å². The van der Waals surface area contributed by atoms with E-state index in [1.807, 2.05) is 17.9 Å². The topological polar surface area (TPSA) is 29.9 Å². The van der Waals surface area contributed by atoms with Crippen molar-refractivity contribution in [3.05, 3.63) is 47.3 Å². The third-order valence-electron chi connectivity index (χ3n) is 3.73. The number of anilines is 1. The zero-order valence-corrected chi connectivity index (χ0v) is 11.0. The molecule has 94 valence electrons. The van der Waals surface area contributed by atoms with Crippen molar-refractivity contribution in [3.63, 3.8) is 0 Å². The van der Waals surface area contributed by atoms with Crippen LogP contribution in [0.5, 0.6) is 0 Å². The standard InChI is InChI=1S/C15H19N3/c1-11-3-5-13-9-12(4-6-15(13)17-11)10-14-7-8-16-18(14)2/h4,6-9,11,17H,3,5,10H2,1-2H3. The third-order valence-corrected chi connectivity index (χ3v) is 3.73. The maximum atomic E-state index is 4.21. The first kappa shape index (κ1) is 11.3. The molecule has 0 saturated carbocycles. The molecule has 3 rings (SSSR count). The zero-order valence-electron chi connectivity index (χ0n) is 11.0. The first-order valence-corrected chi connectivity index (χ1v) is 6.57. The van der Waals surface area contributed by atoms with E-state index in [4.69, 9.17) is 0 Å². The molecule has 1 N–H and O–H groups in total. The fourth-order valence-corrected chi connectivity index (χ4v) is 2.60. The number of fused-ring (bicyclic) bond motifs is 1. The average molecular weight is 241 g/mol. The molecule has 2 aromatic rings. The Hall–Kier alpha value is -1.77. The molecule has 3 nitrogen and oxygen atoms in total. The van der Waals surface area contributed by atoms with Crippen molar-refractivity contribution < 1.29 is 0 Å². The van der Waals surface area contributed by atoms with Gasteiger partial charge in [0.15, 0.2) is 0 Å². The Morgan fingerprint density at radius 3 is 3.06 bits per heavy atom. The van der Waals surface area contributed by atoms with Crippen LogP contribution in [0.4, 0.5) is 5.69 Å². The van der Waals surface area contributed by atoms with Gasteiger partial charge in [0.05, 0.1) is 0 Å². The Labute approximate surface area is 108 Å². The zero-order chi connectivity index (χ0) is 12.5. The van der Waals surface area contributed by atoms with Crippen molar-refractivity contribution in [2.45, 2.75) is 32.2 Å². The number of nitrogens with one attached hydrogen (secondary N) is 1. The van der Waals surface area contributed by atoms with Crippen LogP contribution in [0.3, 0.4) is 0 Å². The van der Waals surface area contributed by atoms with Crippen molar-refractivity contribution >= 4 is 5.69 Å². The van der Waals surface area contributed by atoms with Crippen LogP contribution in [0, 0.1) is 0 Å². The number of aromatic nitrogens is 2. The summed E-state index contributed by atoms with van der Waals surface area (Å²) in [5.74, 6) is 0. The molecule has 1 aliphatic rings. The van der Waals surface area contributed by atoms with E-state index < -0.39 is 0 Å². The molecule has 1 unspecified atom stereocenters. The van der Waals surface area contributed by atoms with Gasteiger partial charge in [0.2, 0.25) is 0 Å². The van der Waals surface area contributed by atoms with Crippen LogP contribution in [-0.4, -0.2) is 15.8 Å². The quantitative estimate of drug-likeness (QED) is 0.876. The second-order valence-corrected chi connectivity index (χ2v) is 5.20. The summed E-state index contributed by atoms with van der Waals surface area (Å²) in [6.07, 6.45) is 5.22. The molecule has 1 aromatic carbocycles. The summed E-state index contributed by atoms with van der Waals surface area (Å²) in [7, 11) is 2.00. The van der Waals surface area contributed by atoms with Crippen LogP contribution in [-0.2, 0) is 19.9 Å². The lowest BCUT2D eigenvalue weighted by Crippen LogP contribution is -2.21. The molecule has 0 bridgehead atoms. The van der Waals surface area contributed by atoms with Crippen molar-refractivity contribution in [2.24, 2.45) is 7.05 Å². The first-order chi connectivity index (χ1) is 8.72. The van der Waals surface area contributed by atoms with E-state index in [9.17, 15) is 0 Å². The van der Waals surface area contributed by atoms with Crippen LogP contribution in [0.15, 0.2) is 30.5 Å². The summed E-state index contributed by atoms with van der Waals surface area (Å²) >= 11 is 0. The number of hydrogen-bond acceptors (Lipinski definition) is 2. The maximum Gasteiger partial charge on any atom is 0.0492 e. The van der Waals surface area contributed by atoms with Gasteiger partial charge in [0.1, 0.15) is 0 Å². The fraction of sp³-hybridized carbons (Fsp3) is 0.400. The maximum absolute atomic E-state index is 4.21. The van der Waals surface area contributed by atoms with E-state index in [1.165, 1.54) is 35.3 Å². The molecule has 0 amide bonds. The molecule has 0 radical (unpaired) electrons. The molecule has 1 aromatic heterocycles. The molecular formula is C15H19N3. The van der Waals surface area contributed by atoms with Gasteiger partial charge >= 0.3 is 0 Å². The van der Waals surface area contributed by atoms with Crippen molar-refractivity contribution in [1.82, 2.24) is 9.78 Å². The Morgan fingerprint density at radius 2 is 2.28 bits per heavy atom. The Balaban J connectivity index is 1.84. The molecule has 1 atom stereocenters. The second kappa shape index (κ2) is 4.48. The number of hydrogen-bond donors (Lipinski definition) is 1. The van der Waals surface area contributed by atoms with Crippen molar-refractivity contribution in [1.29, 1.82) is 0 Å². The molecule has 0 saturated heterocycles. The van der Waals surface area contributed by atoms with Gasteiger partial charge in [-0.1, -0.05) is 12.1 Å². The Bertz CT molecular complexity index is 557. The summed E-state index contributed by atoms with van der Waals surface area (Å²) in [4.78, 5) is 0. The number of benzene rings is 1. The van der Waals surface area contributed by atoms with E-state index in [0.29, 0.717) is 6.04 Å². The van der Waals surface area contributed by atoms with Gasteiger partial charge in [-0.15, -0.1) is 0 Å². The van der Waals surface area contributed by atoms with Gasteiger partial charge < -0.3 is 5.32 Å². The molecule has 2 heterocycles. The smallest absolute Gasteiger partial charge is 0.0492 e. The average Bonchev–Trinajstić information content (AvgIpc) is 2.75. The molecular weight excluding hydrogens is 222 g/mol. The van der Waals surface area contributed by atoms with E-state index in [0.717, 1.165) is 6.42 Å². The second-order valence-electron chi connectivity index (χ2n) is 5.20. The summed E-state index contributed by atoms with van der Waals surface area (Å²) in [5.41, 5.74) is 5.39. The highest BCUT2D eigenvalue weighted by molar-refractivity contribution is 5.55. The normalized spacial score (nSPS) is 18.2. The van der Waals surface area contributed by atoms with Crippen LogP contribution in [0.1, 0.15) is 30.2 Å². The number of aryl methyl sites for hydroxylation is 2. The summed E-state index contributed by atoms with van der Waals surface area (Å²) in [6, 6.07) is 9.45. The molecule has 0 spiro atoms. The van der Waals surface area contributed by atoms with Gasteiger partial charge in [0.25, 0.3) is 0 Å². The largest absolute Gasteiger partial charge is 0.382 e. The van der Waals surface area contributed by atoms with Gasteiger partial charge in [-0.2, -0.15) is 5.10 Å². The van der Waals surface area contributed by atoms with Gasteiger partial charge in [-0.3, -0.25) is 4.68 Å². The van der Waals surface area contributed by atoms with E-state index in [-0.39, 0.29) is 0 Å². The van der Waals surface area contributed by atoms with Gasteiger partial charge in [-0.25, -0.2) is 0 Å². The SMILES string of the molecule is CC1CCc2cc(Cc3ccnn3C)ccc2N1. The summed E-state index contributed by atoms with van der Waals surface area (Å²) in [5, 5.41) is 7.75. The highest BCUT2D eigenvalue weighted by Crippen LogP contribution is 2.26. The molecule has 0 fully saturated rings. The fourth-order valence-electron chi connectivity index (χ4n) is 2.60. The monoisotopic (exact) mass is 241 g/mol. The molecule has 3 heteroatoms. The lowest BCUT2D eigenvalue weighted by atomic mass is 9.96. The van der Waals surface area contributed by atoms with Crippen molar-refractivity contribution in [2.75, 3.05) is 5.32 Å². The minimum Gasteiger partial charge on any atom is -0.382 e. The molecule has 18 heavy (non-hydrogen) atoms. The van der Waals surface area contributed by atoms with Crippen LogP contribution >= 0.6 is 0 Å². The van der Waals surface area contributed by atoms with Crippen LogP contribution in [0.2, 0.25) is 0 Å². The van der Waals surface area contributed by atoms with E-state index >= 15 is 0 Å². The Morgan fingerprint density at radius 1 is 1.39 bits per heavy atom. The van der Waals surface area contributed by atoms with Crippen LogP contribution in [0.25, 0.3) is 0 Å².